The molecule has 2 aromatic rings. The quantitative estimate of drug-likeness (QED) is 0.512. The third-order valence-electron chi connectivity index (χ3n) is 5.60. The van der Waals surface area contributed by atoms with Crippen molar-refractivity contribution in [2.45, 2.75) is 19.3 Å². The van der Waals surface area contributed by atoms with E-state index in [1.165, 1.54) is 7.11 Å². The summed E-state index contributed by atoms with van der Waals surface area (Å²) in [4.78, 5) is 29.3. The lowest BCUT2D eigenvalue weighted by atomic mass is 9.94. The Morgan fingerprint density at radius 1 is 1.09 bits per heavy atom. The van der Waals surface area contributed by atoms with Crippen molar-refractivity contribution in [2.24, 2.45) is 5.92 Å². The van der Waals surface area contributed by atoms with Crippen LogP contribution in [-0.4, -0.2) is 62.0 Å². The number of hydrogen-bond donors (Lipinski definition) is 0. The SMILES string of the molecule is COc1ccc(Cl)cc1C(=O)N1CCC(C(=O)N(C)CCCOc2cccc(Cl)c2)CC1. The number of methoxy groups -OCH3 is 1. The molecule has 2 amide bonds. The Morgan fingerprint density at radius 2 is 1.81 bits per heavy atom. The number of carbonyl (C=O) groups is 2. The maximum absolute atomic E-state index is 12.9. The van der Waals surface area contributed by atoms with Crippen molar-refractivity contribution in [2.75, 3.05) is 40.4 Å². The van der Waals surface area contributed by atoms with Crippen LogP contribution in [0, 0.1) is 5.92 Å². The molecule has 0 aliphatic carbocycles. The molecule has 0 radical (unpaired) electrons. The summed E-state index contributed by atoms with van der Waals surface area (Å²) in [5.41, 5.74) is 0.446. The van der Waals surface area contributed by atoms with Crippen LogP contribution in [-0.2, 0) is 4.79 Å². The normalized spacial score (nSPS) is 14.2. The summed E-state index contributed by atoms with van der Waals surface area (Å²) in [6.07, 6.45) is 1.99. The summed E-state index contributed by atoms with van der Waals surface area (Å²) in [7, 11) is 3.34. The van der Waals surface area contributed by atoms with E-state index >= 15 is 0 Å². The van der Waals surface area contributed by atoms with Gasteiger partial charge in [0, 0.05) is 42.6 Å². The molecule has 0 unspecified atom stereocenters. The van der Waals surface area contributed by atoms with Crippen molar-refractivity contribution in [1.82, 2.24) is 9.80 Å². The lowest BCUT2D eigenvalue weighted by Gasteiger charge is -2.33. The Hall–Kier alpha value is -2.44. The van der Waals surface area contributed by atoms with E-state index < -0.39 is 0 Å². The van der Waals surface area contributed by atoms with Gasteiger partial charge in [0.1, 0.15) is 11.5 Å². The van der Waals surface area contributed by atoms with Crippen molar-refractivity contribution >= 4 is 35.0 Å². The molecule has 172 valence electrons. The van der Waals surface area contributed by atoms with E-state index in [-0.39, 0.29) is 17.7 Å². The van der Waals surface area contributed by atoms with Gasteiger partial charge in [-0.2, -0.15) is 0 Å². The molecule has 0 aromatic heterocycles. The number of halogens is 2. The Kier molecular flexibility index (Phi) is 8.65. The van der Waals surface area contributed by atoms with E-state index in [4.69, 9.17) is 32.7 Å². The van der Waals surface area contributed by atoms with Crippen LogP contribution in [0.4, 0.5) is 0 Å². The van der Waals surface area contributed by atoms with Crippen LogP contribution in [0.5, 0.6) is 11.5 Å². The molecule has 1 aliphatic heterocycles. The van der Waals surface area contributed by atoms with Gasteiger partial charge in [-0.15, -0.1) is 0 Å². The number of piperidine rings is 1. The molecule has 1 fully saturated rings. The minimum atomic E-state index is -0.123. The molecule has 32 heavy (non-hydrogen) atoms. The molecule has 2 aromatic carbocycles. The molecule has 0 saturated carbocycles. The summed E-state index contributed by atoms with van der Waals surface area (Å²) in [6, 6.07) is 12.3. The zero-order valence-electron chi connectivity index (χ0n) is 18.4. The van der Waals surface area contributed by atoms with Gasteiger partial charge in [-0.25, -0.2) is 0 Å². The second-order valence-corrected chi connectivity index (χ2v) is 8.70. The monoisotopic (exact) mass is 478 g/mol. The molecule has 6 nitrogen and oxygen atoms in total. The average Bonchev–Trinajstić information content (AvgIpc) is 2.81. The first kappa shape index (κ1) is 24.2. The number of ether oxygens (including phenoxy) is 2. The number of nitrogens with zero attached hydrogens (tertiary/aromatic N) is 2. The number of likely N-dealkylation sites (tertiary alicyclic amines) is 1. The smallest absolute Gasteiger partial charge is 0.257 e. The highest BCUT2D eigenvalue weighted by molar-refractivity contribution is 6.31. The fourth-order valence-corrected chi connectivity index (χ4v) is 4.17. The van der Waals surface area contributed by atoms with E-state index in [0.29, 0.717) is 60.4 Å². The van der Waals surface area contributed by atoms with E-state index in [1.54, 1.807) is 40.1 Å². The highest BCUT2D eigenvalue weighted by Crippen LogP contribution is 2.27. The van der Waals surface area contributed by atoms with Crippen LogP contribution >= 0.6 is 23.2 Å². The van der Waals surface area contributed by atoms with Gasteiger partial charge in [-0.3, -0.25) is 9.59 Å². The van der Waals surface area contributed by atoms with Crippen LogP contribution in [0.2, 0.25) is 10.0 Å². The van der Waals surface area contributed by atoms with Crippen LogP contribution in [0.15, 0.2) is 42.5 Å². The highest BCUT2D eigenvalue weighted by atomic mass is 35.5. The molecular weight excluding hydrogens is 451 g/mol. The van der Waals surface area contributed by atoms with Gasteiger partial charge < -0.3 is 19.3 Å². The number of carbonyl (C=O) groups excluding carboxylic acids is 2. The first-order chi connectivity index (χ1) is 15.4. The van der Waals surface area contributed by atoms with Crippen molar-refractivity contribution in [1.29, 1.82) is 0 Å². The summed E-state index contributed by atoms with van der Waals surface area (Å²) >= 11 is 12.0. The number of rotatable bonds is 8. The molecule has 3 rings (SSSR count). The van der Waals surface area contributed by atoms with Gasteiger partial charge in [-0.1, -0.05) is 29.3 Å². The lowest BCUT2D eigenvalue weighted by molar-refractivity contribution is -0.135. The zero-order chi connectivity index (χ0) is 23.1. The van der Waals surface area contributed by atoms with Crippen LogP contribution in [0.25, 0.3) is 0 Å². The Balaban J connectivity index is 1.44. The molecule has 0 spiro atoms. The van der Waals surface area contributed by atoms with Gasteiger partial charge in [0.15, 0.2) is 0 Å². The minimum absolute atomic E-state index is 0.0841. The maximum Gasteiger partial charge on any atom is 0.257 e. The third kappa shape index (κ3) is 6.30. The van der Waals surface area contributed by atoms with E-state index in [1.807, 2.05) is 19.2 Å². The number of amides is 2. The third-order valence-corrected chi connectivity index (χ3v) is 6.07. The Labute approximate surface area is 199 Å². The molecule has 1 aliphatic rings. The summed E-state index contributed by atoms with van der Waals surface area (Å²) in [6.45, 7) is 2.16. The van der Waals surface area contributed by atoms with Gasteiger partial charge in [0.05, 0.1) is 19.3 Å². The fourth-order valence-electron chi connectivity index (χ4n) is 3.82. The second-order valence-electron chi connectivity index (χ2n) is 7.83. The molecule has 0 N–H and O–H groups in total. The maximum atomic E-state index is 12.9. The van der Waals surface area contributed by atoms with Crippen LogP contribution < -0.4 is 9.47 Å². The summed E-state index contributed by atoms with van der Waals surface area (Å²) in [5, 5.41) is 1.12. The highest BCUT2D eigenvalue weighted by Gasteiger charge is 2.30. The van der Waals surface area contributed by atoms with E-state index in [9.17, 15) is 9.59 Å². The molecule has 1 heterocycles. The minimum Gasteiger partial charge on any atom is -0.496 e. The van der Waals surface area contributed by atoms with Gasteiger partial charge in [0.2, 0.25) is 5.91 Å². The van der Waals surface area contributed by atoms with Gasteiger partial charge >= 0.3 is 0 Å². The van der Waals surface area contributed by atoms with Crippen molar-refractivity contribution in [3.63, 3.8) is 0 Å². The van der Waals surface area contributed by atoms with E-state index in [2.05, 4.69) is 0 Å². The topological polar surface area (TPSA) is 59.1 Å². The Morgan fingerprint density at radius 3 is 2.50 bits per heavy atom. The molecule has 8 heteroatoms. The van der Waals surface area contributed by atoms with Crippen molar-refractivity contribution in [3.05, 3.63) is 58.1 Å². The average molecular weight is 479 g/mol. The van der Waals surface area contributed by atoms with Crippen LogP contribution in [0.1, 0.15) is 29.6 Å². The van der Waals surface area contributed by atoms with Gasteiger partial charge in [-0.05, 0) is 55.7 Å². The summed E-state index contributed by atoms with van der Waals surface area (Å²) < 4.78 is 11.0. The number of hydrogen-bond acceptors (Lipinski definition) is 4. The first-order valence-corrected chi connectivity index (χ1v) is 11.4. The van der Waals surface area contributed by atoms with Crippen LogP contribution in [0.3, 0.4) is 0 Å². The summed E-state index contributed by atoms with van der Waals surface area (Å²) in [5.74, 6) is 1.12. The Bertz CT molecular complexity index is 945. The predicted molar refractivity (Wildman–Crippen MR) is 126 cm³/mol. The molecule has 0 atom stereocenters. The largest absolute Gasteiger partial charge is 0.496 e. The molecule has 1 saturated heterocycles. The number of benzene rings is 2. The van der Waals surface area contributed by atoms with E-state index in [0.717, 1.165) is 12.2 Å². The predicted octanol–water partition coefficient (Wildman–Crippen LogP) is 4.78. The van der Waals surface area contributed by atoms with Crippen molar-refractivity contribution in [3.8, 4) is 11.5 Å². The first-order valence-electron chi connectivity index (χ1n) is 10.6. The second kappa shape index (κ2) is 11.4. The molecule has 0 bridgehead atoms. The zero-order valence-corrected chi connectivity index (χ0v) is 19.9. The van der Waals surface area contributed by atoms with Crippen molar-refractivity contribution < 1.29 is 19.1 Å². The standard InChI is InChI=1S/C24H28Cl2N2O4/c1-27(11-4-14-32-20-6-3-5-18(25)15-20)23(29)17-9-12-28(13-10-17)24(30)21-16-19(26)7-8-22(21)31-2/h3,5-8,15-17H,4,9-14H2,1-2H3. The lowest BCUT2D eigenvalue weighted by Crippen LogP contribution is -2.43. The molecular formula is C24H28Cl2N2O4. The fraction of sp³-hybridized carbons (Fsp3) is 0.417. The van der Waals surface area contributed by atoms with Gasteiger partial charge in [0.25, 0.3) is 5.91 Å².